The molecule has 21 heavy (non-hydrogen) atoms. The van der Waals surface area contributed by atoms with E-state index in [9.17, 15) is 9.18 Å². The molecule has 112 valence electrons. The summed E-state index contributed by atoms with van der Waals surface area (Å²) in [6.07, 6.45) is 0. The molecule has 0 saturated heterocycles. The fourth-order valence-corrected chi connectivity index (χ4v) is 2.33. The van der Waals surface area contributed by atoms with Gasteiger partial charge in [-0.05, 0) is 31.2 Å². The van der Waals surface area contributed by atoms with Gasteiger partial charge in [-0.25, -0.2) is 9.18 Å². The number of hydrogen-bond donors (Lipinski definition) is 1. The first kappa shape index (κ1) is 15.7. The molecule has 1 aromatic heterocycles. The fourth-order valence-electron chi connectivity index (χ4n) is 1.76. The van der Waals surface area contributed by atoms with Crippen LogP contribution in [0, 0.1) is 5.82 Å². The molecule has 0 aliphatic carbocycles. The standard InChI is InChI=1S/C14H12Cl2FNO3/c1-7(11-3-4-12(21-11)14(19)20-2)18-13-9(15)5-8(17)6-10(13)16/h3-7,18H,1-2H3. The van der Waals surface area contributed by atoms with Crippen LogP contribution in [0.5, 0.6) is 0 Å². The SMILES string of the molecule is COC(=O)c1ccc(C(C)Nc2c(Cl)cc(F)cc2Cl)o1. The molecule has 2 aromatic rings. The van der Waals surface area contributed by atoms with Gasteiger partial charge in [-0.2, -0.15) is 0 Å². The highest BCUT2D eigenvalue weighted by molar-refractivity contribution is 6.39. The Kier molecular flexibility index (Phi) is 4.75. The highest BCUT2D eigenvalue weighted by Gasteiger charge is 2.17. The second-order valence-electron chi connectivity index (χ2n) is 4.30. The first-order valence-corrected chi connectivity index (χ1v) is 6.77. The number of carbonyl (C=O) groups is 1. The Labute approximate surface area is 130 Å². The number of halogens is 3. The van der Waals surface area contributed by atoms with Crippen molar-refractivity contribution in [3.63, 3.8) is 0 Å². The summed E-state index contributed by atoms with van der Waals surface area (Å²) in [5.41, 5.74) is 0.392. The summed E-state index contributed by atoms with van der Waals surface area (Å²) in [7, 11) is 1.27. The predicted octanol–water partition coefficient (Wildman–Crippen LogP) is 4.69. The molecule has 1 aromatic carbocycles. The van der Waals surface area contributed by atoms with Crippen molar-refractivity contribution >= 4 is 34.9 Å². The van der Waals surface area contributed by atoms with Crippen molar-refractivity contribution in [2.45, 2.75) is 13.0 Å². The summed E-state index contributed by atoms with van der Waals surface area (Å²) in [5.74, 6) is -0.496. The normalized spacial score (nSPS) is 12.0. The number of carbonyl (C=O) groups excluding carboxylic acids is 1. The topological polar surface area (TPSA) is 51.5 Å². The van der Waals surface area contributed by atoms with Crippen molar-refractivity contribution in [1.82, 2.24) is 0 Å². The minimum Gasteiger partial charge on any atom is -0.463 e. The molecule has 0 radical (unpaired) electrons. The van der Waals surface area contributed by atoms with Crippen molar-refractivity contribution in [2.24, 2.45) is 0 Å². The Morgan fingerprint density at radius 1 is 1.33 bits per heavy atom. The summed E-state index contributed by atoms with van der Waals surface area (Å²) in [5, 5.41) is 3.33. The van der Waals surface area contributed by atoms with Gasteiger partial charge in [0, 0.05) is 0 Å². The largest absolute Gasteiger partial charge is 0.463 e. The van der Waals surface area contributed by atoms with E-state index in [1.165, 1.54) is 13.2 Å². The molecule has 1 atom stereocenters. The zero-order valence-corrected chi connectivity index (χ0v) is 12.8. The predicted molar refractivity (Wildman–Crippen MR) is 78.5 cm³/mol. The van der Waals surface area contributed by atoms with Crippen LogP contribution in [-0.2, 0) is 4.74 Å². The molecule has 0 aliphatic rings. The molecule has 0 aliphatic heterocycles. The number of benzene rings is 1. The third-order valence-corrected chi connectivity index (χ3v) is 3.40. The van der Waals surface area contributed by atoms with Crippen molar-refractivity contribution in [3.05, 3.63) is 51.6 Å². The van der Waals surface area contributed by atoms with E-state index in [1.54, 1.807) is 13.0 Å². The van der Waals surface area contributed by atoms with Crippen molar-refractivity contribution in [1.29, 1.82) is 0 Å². The van der Waals surface area contributed by atoms with Gasteiger partial charge in [0.2, 0.25) is 5.76 Å². The van der Waals surface area contributed by atoms with Crippen LogP contribution in [0.25, 0.3) is 0 Å². The Bertz CT molecular complexity index is 649. The number of furan rings is 1. The summed E-state index contributed by atoms with van der Waals surface area (Å²) in [6.45, 7) is 1.79. The van der Waals surface area contributed by atoms with Crippen molar-refractivity contribution < 1.29 is 18.3 Å². The molecule has 7 heteroatoms. The number of esters is 1. The van der Waals surface area contributed by atoms with E-state index in [4.69, 9.17) is 27.6 Å². The van der Waals surface area contributed by atoms with E-state index in [2.05, 4.69) is 10.1 Å². The number of hydrogen-bond acceptors (Lipinski definition) is 4. The maximum Gasteiger partial charge on any atom is 0.373 e. The molecule has 0 spiro atoms. The van der Waals surface area contributed by atoms with Gasteiger partial charge in [-0.3, -0.25) is 0 Å². The monoisotopic (exact) mass is 331 g/mol. The van der Waals surface area contributed by atoms with Gasteiger partial charge in [-0.15, -0.1) is 0 Å². The van der Waals surface area contributed by atoms with Gasteiger partial charge in [0.15, 0.2) is 0 Å². The lowest BCUT2D eigenvalue weighted by molar-refractivity contribution is 0.0562. The molecule has 2 rings (SSSR count). The molecule has 0 fully saturated rings. The maximum atomic E-state index is 13.1. The third kappa shape index (κ3) is 3.49. The highest BCUT2D eigenvalue weighted by atomic mass is 35.5. The van der Waals surface area contributed by atoms with Gasteiger partial charge in [0.05, 0.1) is 28.9 Å². The number of ether oxygens (including phenoxy) is 1. The lowest BCUT2D eigenvalue weighted by Gasteiger charge is -2.15. The van der Waals surface area contributed by atoms with Crippen LogP contribution in [0.2, 0.25) is 10.0 Å². The summed E-state index contributed by atoms with van der Waals surface area (Å²) >= 11 is 11.9. The molecule has 0 amide bonds. The van der Waals surface area contributed by atoms with E-state index in [1.807, 2.05) is 0 Å². The number of anilines is 1. The van der Waals surface area contributed by atoms with Crippen LogP contribution in [-0.4, -0.2) is 13.1 Å². The second kappa shape index (κ2) is 6.37. The van der Waals surface area contributed by atoms with Gasteiger partial charge in [-0.1, -0.05) is 23.2 Å². The molecule has 0 saturated carbocycles. The average molecular weight is 332 g/mol. The van der Waals surface area contributed by atoms with Crippen LogP contribution in [0.4, 0.5) is 10.1 Å². The van der Waals surface area contributed by atoms with Gasteiger partial charge < -0.3 is 14.5 Å². The second-order valence-corrected chi connectivity index (χ2v) is 5.12. The Hall–Kier alpha value is -1.72. The van der Waals surface area contributed by atoms with Crippen molar-refractivity contribution in [2.75, 3.05) is 12.4 Å². The van der Waals surface area contributed by atoms with Gasteiger partial charge in [0.25, 0.3) is 0 Å². The third-order valence-electron chi connectivity index (χ3n) is 2.81. The van der Waals surface area contributed by atoms with Crippen LogP contribution >= 0.6 is 23.2 Å². The summed E-state index contributed by atoms with van der Waals surface area (Å²) in [4.78, 5) is 11.3. The zero-order valence-electron chi connectivity index (χ0n) is 11.2. The molecule has 0 bridgehead atoms. The minimum atomic E-state index is -0.564. The number of nitrogens with one attached hydrogen (secondary N) is 1. The van der Waals surface area contributed by atoms with Gasteiger partial charge >= 0.3 is 5.97 Å². The highest BCUT2D eigenvalue weighted by Crippen LogP contribution is 2.34. The van der Waals surface area contributed by atoms with Crippen LogP contribution in [0.1, 0.15) is 29.3 Å². The molecular formula is C14H12Cl2FNO3. The van der Waals surface area contributed by atoms with Crippen LogP contribution in [0.3, 0.4) is 0 Å². The molecule has 1 unspecified atom stereocenters. The molecule has 4 nitrogen and oxygen atoms in total. The molecule has 1 heterocycles. The van der Waals surface area contributed by atoms with E-state index >= 15 is 0 Å². The first-order chi connectivity index (χ1) is 9.92. The Morgan fingerprint density at radius 2 is 1.95 bits per heavy atom. The molecule has 1 N–H and O–H groups in total. The number of methoxy groups -OCH3 is 1. The van der Waals surface area contributed by atoms with E-state index in [-0.39, 0.29) is 21.8 Å². The van der Waals surface area contributed by atoms with E-state index in [0.29, 0.717) is 11.4 Å². The number of rotatable bonds is 4. The van der Waals surface area contributed by atoms with Gasteiger partial charge in [0.1, 0.15) is 11.6 Å². The lowest BCUT2D eigenvalue weighted by Crippen LogP contribution is -2.07. The Morgan fingerprint density at radius 3 is 2.52 bits per heavy atom. The van der Waals surface area contributed by atoms with Crippen LogP contribution < -0.4 is 5.32 Å². The first-order valence-electron chi connectivity index (χ1n) is 6.01. The fraction of sp³-hybridized carbons (Fsp3) is 0.214. The van der Waals surface area contributed by atoms with E-state index < -0.39 is 11.8 Å². The maximum absolute atomic E-state index is 13.1. The Balaban J connectivity index is 2.20. The van der Waals surface area contributed by atoms with Crippen molar-refractivity contribution in [3.8, 4) is 0 Å². The smallest absolute Gasteiger partial charge is 0.373 e. The van der Waals surface area contributed by atoms with E-state index in [0.717, 1.165) is 12.1 Å². The molecular weight excluding hydrogens is 320 g/mol. The quantitative estimate of drug-likeness (QED) is 0.826. The summed E-state index contributed by atoms with van der Waals surface area (Å²) in [6, 6.07) is 5.13. The summed E-state index contributed by atoms with van der Waals surface area (Å²) < 4.78 is 23.1. The average Bonchev–Trinajstić information content (AvgIpc) is 2.91. The lowest BCUT2D eigenvalue weighted by atomic mass is 10.2. The van der Waals surface area contributed by atoms with Crippen LogP contribution in [0.15, 0.2) is 28.7 Å². The minimum absolute atomic E-state index is 0.0949. The zero-order chi connectivity index (χ0) is 15.6.